The summed E-state index contributed by atoms with van der Waals surface area (Å²) in [7, 11) is -3.83. The molecule has 142 valence electrons. The zero-order valence-corrected chi connectivity index (χ0v) is 13.3. The lowest BCUT2D eigenvalue weighted by Crippen LogP contribution is -2.38. The second-order valence-electron chi connectivity index (χ2n) is 4.62. The average molecular weight is 397 g/mol. The molecule has 0 N–H and O–H groups in total. The van der Waals surface area contributed by atoms with E-state index in [9.17, 15) is 43.9 Å². The summed E-state index contributed by atoms with van der Waals surface area (Å²) in [6.07, 6.45) is -10.7. The molecule has 0 spiro atoms. The summed E-state index contributed by atoms with van der Waals surface area (Å²) >= 11 is 0. The van der Waals surface area contributed by atoms with Crippen LogP contribution in [0.25, 0.3) is 0 Å². The largest absolute Gasteiger partial charge is 0.416 e. The van der Waals surface area contributed by atoms with Crippen molar-refractivity contribution < 1.29 is 48.8 Å². The fraction of sp³-hybridized carbons (Fsp3) is 0.417. The Labute approximate surface area is 136 Å². The van der Waals surface area contributed by atoms with Crippen LogP contribution in [0.2, 0.25) is 0 Å². The smallest absolute Gasteiger partial charge is 0.274 e. The fourth-order valence-electron chi connectivity index (χ4n) is 1.58. The number of amides is 1. The average Bonchev–Trinajstić information content (AvgIpc) is 2.50. The van der Waals surface area contributed by atoms with Gasteiger partial charge in [0, 0.05) is 7.05 Å². The van der Waals surface area contributed by atoms with Crippen molar-refractivity contribution in [1.82, 2.24) is 5.06 Å². The molecule has 1 amide bonds. The second kappa shape index (κ2) is 6.78. The zero-order valence-electron chi connectivity index (χ0n) is 12.4. The molecule has 1 aromatic carbocycles. The van der Waals surface area contributed by atoms with E-state index in [-0.39, 0.29) is 23.3 Å². The van der Waals surface area contributed by atoms with Crippen molar-refractivity contribution in [2.45, 2.75) is 22.8 Å². The summed E-state index contributed by atoms with van der Waals surface area (Å²) in [5, 5.41) is 0.125. The molecule has 0 heterocycles. The molecule has 1 unspecified atom stereocenters. The van der Waals surface area contributed by atoms with Crippen LogP contribution in [0.4, 0.5) is 30.7 Å². The maximum absolute atomic E-state index is 13.9. The molecule has 1 aromatic rings. The summed E-state index contributed by atoms with van der Waals surface area (Å²) in [4.78, 5) is 14.1. The van der Waals surface area contributed by atoms with Crippen LogP contribution in [-0.4, -0.2) is 39.0 Å². The number of benzene rings is 1. The van der Waals surface area contributed by atoms with Crippen LogP contribution in [0.5, 0.6) is 0 Å². The number of carbonyl (C=O) groups excluding carboxylic acids is 1. The Morgan fingerprint density at radius 3 is 1.76 bits per heavy atom. The number of hydrogen-bond donors (Lipinski definition) is 0. The molecule has 0 aliphatic carbocycles. The van der Waals surface area contributed by atoms with Crippen molar-refractivity contribution in [3.63, 3.8) is 0 Å². The minimum absolute atomic E-state index is 0.125. The third-order valence-electron chi connectivity index (χ3n) is 2.94. The first-order valence-electron chi connectivity index (χ1n) is 6.11. The molecule has 5 nitrogen and oxygen atoms in total. The van der Waals surface area contributed by atoms with Gasteiger partial charge in [0.05, 0.1) is 23.1 Å². The first-order valence-corrected chi connectivity index (χ1v) is 7.66. The van der Waals surface area contributed by atoms with Gasteiger partial charge in [0.15, 0.2) is 0 Å². The number of nitrogens with zero attached hydrogens (tertiary/aromatic N) is 1. The maximum Gasteiger partial charge on any atom is 0.416 e. The summed E-state index contributed by atoms with van der Waals surface area (Å²) in [5.41, 5.74) is -7.37. The molecule has 0 fully saturated rings. The topological polar surface area (TPSA) is 63.7 Å². The van der Waals surface area contributed by atoms with Gasteiger partial charge < -0.3 is 0 Å². The van der Waals surface area contributed by atoms with E-state index in [1.54, 1.807) is 0 Å². The maximum atomic E-state index is 13.9. The molecule has 0 aliphatic heterocycles. The van der Waals surface area contributed by atoms with E-state index in [2.05, 4.69) is 4.84 Å². The predicted molar refractivity (Wildman–Crippen MR) is 68.3 cm³/mol. The summed E-state index contributed by atoms with van der Waals surface area (Å²) in [6, 6.07) is -0.691. The van der Waals surface area contributed by atoms with Gasteiger partial charge in [-0.2, -0.15) is 26.3 Å². The molecule has 0 bridgehead atoms. The normalized spacial score (nSPS) is 14.3. The Morgan fingerprint density at radius 2 is 1.44 bits per heavy atom. The number of carbonyl (C=O) groups is 1. The zero-order chi connectivity index (χ0) is 19.8. The van der Waals surface area contributed by atoms with Crippen molar-refractivity contribution >= 4 is 15.7 Å². The molecular formula is C12H10F7NO4S. The first-order chi connectivity index (χ1) is 11.1. The number of hydroxylamine groups is 2. The molecule has 1 atom stereocenters. The Balaban J connectivity index is 3.57. The quantitative estimate of drug-likeness (QED) is 0.579. The van der Waals surface area contributed by atoms with Gasteiger partial charge in [-0.25, -0.2) is 17.9 Å². The number of halogens is 7. The van der Waals surface area contributed by atoms with Crippen LogP contribution < -0.4 is 0 Å². The molecule has 1 rings (SSSR count). The van der Waals surface area contributed by atoms with E-state index in [0.717, 1.165) is 14.2 Å². The van der Waals surface area contributed by atoms with E-state index in [4.69, 9.17) is 0 Å². The highest BCUT2D eigenvalue weighted by Gasteiger charge is 2.42. The second-order valence-corrected chi connectivity index (χ2v) is 6.60. The highest BCUT2D eigenvalue weighted by atomic mass is 32.2. The van der Waals surface area contributed by atoms with Crippen LogP contribution in [0.3, 0.4) is 0 Å². The van der Waals surface area contributed by atoms with Gasteiger partial charge >= 0.3 is 12.4 Å². The highest BCUT2D eigenvalue weighted by Crippen LogP contribution is 2.38. The van der Waals surface area contributed by atoms with Gasteiger partial charge in [0.25, 0.3) is 11.4 Å². The lowest BCUT2D eigenvalue weighted by atomic mass is 10.1. The van der Waals surface area contributed by atoms with Crippen LogP contribution in [-0.2, 0) is 31.8 Å². The highest BCUT2D eigenvalue weighted by molar-refractivity contribution is 7.92. The number of sulfone groups is 1. The minimum atomic E-state index is -5.50. The number of hydrogen-bond acceptors (Lipinski definition) is 4. The third kappa shape index (κ3) is 4.60. The van der Waals surface area contributed by atoms with Gasteiger partial charge in [0.1, 0.15) is 0 Å². The van der Waals surface area contributed by atoms with Crippen molar-refractivity contribution in [2.75, 3.05) is 14.2 Å². The molecule has 0 saturated carbocycles. The van der Waals surface area contributed by atoms with E-state index >= 15 is 0 Å². The van der Waals surface area contributed by atoms with E-state index < -0.39 is 49.6 Å². The van der Waals surface area contributed by atoms with Crippen LogP contribution in [0, 0.1) is 0 Å². The molecule has 0 saturated heterocycles. The van der Waals surface area contributed by atoms with E-state index in [1.165, 1.54) is 0 Å². The molecule has 0 aliphatic rings. The minimum Gasteiger partial charge on any atom is -0.274 e. The van der Waals surface area contributed by atoms with Gasteiger partial charge in [-0.1, -0.05) is 0 Å². The molecule has 0 radical (unpaired) electrons. The molecule has 0 aromatic heterocycles. The first kappa shape index (κ1) is 21.2. The Hall–Kier alpha value is -1.89. The van der Waals surface area contributed by atoms with Gasteiger partial charge in [-0.3, -0.25) is 9.63 Å². The number of rotatable bonds is 4. The Bertz CT molecular complexity index is 725. The Morgan fingerprint density at radius 1 is 1.04 bits per heavy atom. The van der Waals surface area contributed by atoms with Gasteiger partial charge in [0.2, 0.25) is 9.84 Å². The SMILES string of the molecule is CON(C)C(=O)C(F)S(=O)(=O)c1cc(C(F)(F)F)cc(C(F)(F)F)c1. The third-order valence-corrected chi connectivity index (χ3v) is 4.58. The Kier molecular flexibility index (Phi) is 5.74. The summed E-state index contributed by atoms with van der Waals surface area (Å²) in [5.74, 6) is -1.83. The van der Waals surface area contributed by atoms with Crippen LogP contribution in [0.1, 0.15) is 11.1 Å². The van der Waals surface area contributed by atoms with Crippen molar-refractivity contribution in [3.8, 4) is 0 Å². The van der Waals surface area contributed by atoms with Crippen LogP contribution >= 0.6 is 0 Å². The van der Waals surface area contributed by atoms with Gasteiger partial charge in [-0.05, 0) is 18.2 Å². The van der Waals surface area contributed by atoms with Gasteiger partial charge in [-0.15, -0.1) is 0 Å². The molecule has 25 heavy (non-hydrogen) atoms. The molecular weight excluding hydrogens is 387 g/mol. The standard InChI is InChI=1S/C12H10F7NO4S/c1-20(24-2)10(21)9(13)25(22,23)8-4-6(11(14,15)16)3-7(5-8)12(17,18)19/h3-5,9H,1-2H3. The van der Waals surface area contributed by atoms with Crippen molar-refractivity contribution in [2.24, 2.45) is 0 Å². The van der Waals surface area contributed by atoms with E-state index in [0.29, 0.717) is 0 Å². The molecule has 13 heteroatoms. The lowest BCUT2D eigenvalue weighted by Gasteiger charge is -2.18. The predicted octanol–water partition coefficient (Wildman–Crippen LogP) is 2.81. The lowest BCUT2D eigenvalue weighted by molar-refractivity contribution is -0.171. The van der Waals surface area contributed by atoms with Crippen LogP contribution in [0.15, 0.2) is 23.1 Å². The van der Waals surface area contributed by atoms with E-state index in [1.807, 2.05) is 0 Å². The summed E-state index contributed by atoms with van der Waals surface area (Å²) in [6.45, 7) is 0. The number of alkyl halides is 7. The van der Waals surface area contributed by atoms with Crippen molar-refractivity contribution in [1.29, 1.82) is 0 Å². The summed E-state index contributed by atoms with van der Waals surface area (Å²) < 4.78 is 114. The fourth-order valence-corrected chi connectivity index (χ4v) is 2.81. The monoisotopic (exact) mass is 397 g/mol. The van der Waals surface area contributed by atoms with Crippen molar-refractivity contribution in [3.05, 3.63) is 29.3 Å².